The molecule has 2 fully saturated rings. The number of piperidine rings is 1. The van der Waals surface area contributed by atoms with E-state index in [0.29, 0.717) is 6.04 Å². The van der Waals surface area contributed by atoms with E-state index >= 15 is 0 Å². The molecule has 3 heterocycles. The Bertz CT molecular complexity index is 931. The van der Waals surface area contributed by atoms with Crippen LogP contribution in [0.1, 0.15) is 25.3 Å². The van der Waals surface area contributed by atoms with Gasteiger partial charge in [-0.1, -0.05) is 37.3 Å². The van der Waals surface area contributed by atoms with E-state index in [4.69, 9.17) is 0 Å². The fourth-order valence-corrected chi connectivity index (χ4v) is 5.48. The summed E-state index contributed by atoms with van der Waals surface area (Å²) in [5.74, 6) is 0. The summed E-state index contributed by atoms with van der Waals surface area (Å²) in [5.41, 5.74) is 4.93. The molecule has 0 radical (unpaired) electrons. The summed E-state index contributed by atoms with van der Waals surface area (Å²) in [6, 6.07) is 17.6. The smallest absolute Gasteiger partial charge is 0.321 e. The summed E-state index contributed by atoms with van der Waals surface area (Å²) in [7, 11) is 0. The molecule has 0 spiro atoms. The van der Waals surface area contributed by atoms with Crippen molar-refractivity contribution >= 4 is 23.1 Å². The van der Waals surface area contributed by atoms with Crippen molar-refractivity contribution in [1.29, 1.82) is 0 Å². The van der Waals surface area contributed by atoms with Crippen molar-refractivity contribution in [2.75, 3.05) is 67.5 Å². The molecule has 2 amide bonds. The number of nitrogens with zero attached hydrogens (tertiary/aromatic N) is 4. The predicted octanol–water partition coefficient (Wildman–Crippen LogP) is 3.89. The summed E-state index contributed by atoms with van der Waals surface area (Å²) in [5, 5.41) is 3.22. The van der Waals surface area contributed by atoms with Gasteiger partial charge in [0.05, 0.1) is 11.4 Å². The highest BCUT2D eigenvalue weighted by atomic mass is 16.2. The second kappa shape index (κ2) is 9.41. The topological polar surface area (TPSA) is 42.1 Å². The molecule has 3 aliphatic heterocycles. The van der Waals surface area contributed by atoms with Crippen LogP contribution >= 0.6 is 0 Å². The van der Waals surface area contributed by atoms with E-state index in [2.05, 4.69) is 63.3 Å². The van der Waals surface area contributed by atoms with E-state index in [1.807, 2.05) is 17.0 Å². The van der Waals surface area contributed by atoms with Gasteiger partial charge in [-0.2, -0.15) is 0 Å². The number of fused-ring (bicyclic) bond motifs is 1. The molecule has 0 aliphatic carbocycles. The minimum Gasteiger partial charge on any atom is -0.368 e. The van der Waals surface area contributed by atoms with Crippen LogP contribution in [0.2, 0.25) is 0 Å². The lowest BCUT2D eigenvalue weighted by molar-refractivity contribution is 0.193. The van der Waals surface area contributed by atoms with E-state index in [9.17, 15) is 4.79 Å². The first kappa shape index (κ1) is 21.1. The Labute approximate surface area is 191 Å². The maximum absolute atomic E-state index is 13.1. The minimum atomic E-state index is 0.0323. The van der Waals surface area contributed by atoms with Gasteiger partial charge in [-0.25, -0.2) is 4.79 Å². The second-order valence-corrected chi connectivity index (χ2v) is 9.16. The van der Waals surface area contributed by atoms with Crippen molar-refractivity contribution < 1.29 is 4.79 Å². The minimum absolute atomic E-state index is 0.0323. The molecule has 5 rings (SSSR count). The van der Waals surface area contributed by atoms with Crippen LogP contribution in [-0.4, -0.2) is 74.2 Å². The Kier molecular flexibility index (Phi) is 6.21. The van der Waals surface area contributed by atoms with Crippen LogP contribution < -0.4 is 15.1 Å². The molecule has 3 aliphatic rings. The number of hydrogen-bond acceptors (Lipinski definition) is 4. The first-order valence-electron chi connectivity index (χ1n) is 12.2. The molecule has 0 atom stereocenters. The number of likely N-dealkylation sites (tertiary alicyclic amines) is 1. The first-order valence-corrected chi connectivity index (χ1v) is 12.2. The summed E-state index contributed by atoms with van der Waals surface area (Å²) < 4.78 is 0. The molecule has 0 saturated carbocycles. The van der Waals surface area contributed by atoms with Crippen LogP contribution in [0.4, 0.5) is 21.9 Å². The van der Waals surface area contributed by atoms with Crippen molar-refractivity contribution in [2.45, 2.75) is 32.2 Å². The van der Waals surface area contributed by atoms with Gasteiger partial charge in [0.25, 0.3) is 0 Å². The molecular formula is C26H35N5O. The Balaban J connectivity index is 1.18. The van der Waals surface area contributed by atoms with Crippen LogP contribution in [0.5, 0.6) is 0 Å². The number of likely N-dealkylation sites (N-methyl/N-ethyl adjacent to an activating group) is 1. The lowest BCUT2D eigenvalue weighted by Gasteiger charge is -2.38. The van der Waals surface area contributed by atoms with Crippen molar-refractivity contribution in [3.8, 4) is 0 Å². The molecular weight excluding hydrogens is 398 g/mol. The Morgan fingerprint density at radius 3 is 2.31 bits per heavy atom. The molecule has 2 aromatic carbocycles. The highest BCUT2D eigenvalue weighted by Gasteiger charge is 2.30. The van der Waals surface area contributed by atoms with Gasteiger partial charge >= 0.3 is 6.03 Å². The molecule has 0 bridgehead atoms. The Morgan fingerprint density at radius 2 is 1.56 bits per heavy atom. The number of para-hydroxylation sites is 3. The predicted molar refractivity (Wildman–Crippen MR) is 132 cm³/mol. The lowest BCUT2D eigenvalue weighted by atomic mass is 10.0. The molecule has 2 saturated heterocycles. The standard InChI is InChI=1S/C26H35N5O/c1-2-28-17-19-29(20-18-28)25-10-6-4-8-23(25)27-26(32)30-14-12-22(13-15-30)31-16-11-21-7-3-5-9-24(21)31/h3-10,22H,2,11-20H2,1H3,(H,27,32). The fraction of sp³-hybridized carbons (Fsp3) is 0.500. The summed E-state index contributed by atoms with van der Waals surface area (Å²) in [6.07, 6.45) is 3.20. The number of carbonyl (C=O) groups is 1. The van der Waals surface area contributed by atoms with E-state index in [1.165, 1.54) is 11.3 Å². The van der Waals surface area contributed by atoms with Crippen LogP contribution in [0.3, 0.4) is 0 Å². The number of urea groups is 1. The third kappa shape index (κ3) is 4.29. The maximum atomic E-state index is 13.1. The normalized spacial score (nSPS) is 19.8. The zero-order chi connectivity index (χ0) is 21.9. The number of carbonyl (C=O) groups excluding carboxylic acids is 1. The SMILES string of the molecule is CCN1CCN(c2ccccc2NC(=O)N2CCC(N3CCc4ccccc43)CC2)CC1. The van der Waals surface area contributed by atoms with Crippen molar-refractivity contribution in [3.63, 3.8) is 0 Å². The van der Waals surface area contributed by atoms with Crippen molar-refractivity contribution in [3.05, 3.63) is 54.1 Å². The quantitative estimate of drug-likeness (QED) is 0.795. The van der Waals surface area contributed by atoms with Crippen LogP contribution in [-0.2, 0) is 6.42 Å². The Hall–Kier alpha value is -2.73. The molecule has 6 heteroatoms. The summed E-state index contributed by atoms with van der Waals surface area (Å²) >= 11 is 0. The molecule has 170 valence electrons. The lowest BCUT2D eigenvalue weighted by Crippen LogP contribution is -2.48. The highest BCUT2D eigenvalue weighted by molar-refractivity contribution is 5.93. The van der Waals surface area contributed by atoms with Crippen LogP contribution in [0.25, 0.3) is 0 Å². The number of nitrogens with one attached hydrogen (secondary N) is 1. The average molecular weight is 434 g/mol. The van der Waals surface area contributed by atoms with Gasteiger partial charge in [0, 0.05) is 57.5 Å². The van der Waals surface area contributed by atoms with Crippen LogP contribution in [0.15, 0.2) is 48.5 Å². The molecule has 6 nitrogen and oxygen atoms in total. The number of rotatable bonds is 4. The summed E-state index contributed by atoms with van der Waals surface area (Å²) in [6.45, 7) is 10.2. The van der Waals surface area contributed by atoms with Crippen molar-refractivity contribution in [2.24, 2.45) is 0 Å². The van der Waals surface area contributed by atoms with Gasteiger partial charge in [-0.05, 0) is 49.6 Å². The first-order chi connectivity index (χ1) is 15.7. The maximum Gasteiger partial charge on any atom is 0.321 e. The molecule has 0 aromatic heterocycles. The second-order valence-electron chi connectivity index (χ2n) is 9.16. The van der Waals surface area contributed by atoms with E-state index in [0.717, 1.165) is 83.0 Å². The van der Waals surface area contributed by atoms with Gasteiger partial charge < -0.3 is 24.9 Å². The molecule has 0 unspecified atom stereocenters. The van der Waals surface area contributed by atoms with Gasteiger partial charge in [0.15, 0.2) is 0 Å². The van der Waals surface area contributed by atoms with Gasteiger partial charge in [0.1, 0.15) is 0 Å². The largest absolute Gasteiger partial charge is 0.368 e. The zero-order valence-electron chi connectivity index (χ0n) is 19.2. The number of amides is 2. The van der Waals surface area contributed by atoms with Gasteiger partial charge in [-0.3, -0.25) is 0 Å². The third-order valence-electron chi connectivity index (χ3n) is 7.42. The molecule has 2 aromatic rings. The third-order valence-corrected chi connectivity index (χ3v) is 7.42. The summed E-state index contributed by atoms with van der Waals surface area (Å²) in [4.78, 5) is 22.5. The number of benzene rings is 2. The van der Waals surface area contributed by atoms with Gasteiger partial charge in [-0.15, -0.1) is 0 Å². The molecule has 32 heavy (non-hydrogen) atoms. The van der Waals surface area contributed by atoms with Crippen LogP contribution in [0, 0.1) is 0 Å². The highest BCUT2D eigenvalue weighted by Crippen LogP contribution is 2.33. The van der Waals surface area contributed by atoms with E-state index < -0.39 is 0 Å². The van der Waals surface area contributed by atoms with E-state index in [1.54, 1.807) is 0 Å². The van der Waals surface area contributed by atoms with Gasteiger partial charge in [0.2, 0.25) is 0 Å². The number of anilines is 3. The van der Waals surface area contributed by atoms with E-state index in [-0.39, 0.29) is 6.03 Å². The number of piperazine rings is 1. The average Bonchev–Trinajstić information content (AvgIpc) is 3.29. The fourth-order valence-electron chi connectivity index (χ4n) is 5.48. The Morgan fingerprint density at radius 1 is 0.875 bits per heavy atom. The monoisotopic (exact) mass is 433 g/mol. The van der Waals surface area contributed by atoms with Crippen molar-refractivity contribution in [1.82, 2.24) is 9.80 Å². The zero-order valence-corrected chi connectivity index (χ0v) is 19.2. The number of hydrogen-bond donors (Lipinski definition) is 1. The molecule has 1 N–H and O–H groups in total.